The molecule has 202 valence electrons. The average Bonchev–Trinajstić information content (AvgIpc) is 3.00. The van der Waals surface area contributed by atoms with Gasteiger partial charge in [0, 0.05) is 23.3 Å². The van der Waals surface area contributed by atoms with Crippen LogP contribution < -0.4 is 9.47 Å². The maximum Gasteiger partial charge on any atom is 0.335 e. The predicted molar refractivity (Wildman–Crippen MR) is 164 cm³/mol. The van der Waals surface area contributed by atoms with Crippen LogP contribution in [0.2, 0.25) is 0 Å². The smallest absolute Gasteiger partial charge is 0.335 e. The molecule has 5 heteroatoms. The topological polar surface area (TPSA) is 52.6 Å². The minimum absolute atomic E-state index is 0.334. The fourth-order valence-corrected chi connectivity index (χ4v) is 3.73. The molecule has 4 aromatic carbocycles. The monoisotopic (exact) mass is 542 g/mol. The van der Waals surface area contributed by atoms with Crippen molar-refractivity contribution in [1.82, 2.24) is 0 Å². The summed E-state index contributed by atoms with van der Waals surface area (Å²) in [6.45, 7) is 6.79. The van der Waals surface area contributed by atoms with Crippen molar-refractivity contribution < 1.29 is 23.5 Å². The Labute approximate surface area is 238 Å². The van der Waals surface area contributed by atoms with Gasteiger partial charge in [0.05, 0.1) is 0 Å². The van der Waals surface area contributed by atoms with E-state index in [0.29, 0.717) is 17.1 Å². The Morgan fingerprint density at radius 2 is 1.05 bits per heavy atom. The van der Waals surface area contributed by atoms with Crippen LogP contribution in [0.4, 0.5) is 4.39 Å². The van der Waals surface area contributed by atoms with Gasteiger partial charge in [-0.25, -0.2) is 14.0 Å². The molecule has 0 N–H and O–H groups in total. The van der Waals surface area contributed by atoms with Crippen LogP contribution in [0.25, 0.3) is 36.5 Å². The molecule has 0 heterocycles. The van der Waals surface area contributed by atoms with Crippen LogP contribution in [0, 0.1) is 5.82 Å². The maximum absolute atomic E-state index is 14.7. The lowest BCUT2D eigenvalue weighted by Crippen LogP contribution is -2.03. The van der Waals surface area contributed by atoms with Gasteiger partial charge >= 0.3 is 11.9 Å². The summed E-state index contributed by atoms with van der Waals surface area (Å²) in [5.41, 5.74) is 4.75. The van der Waals surface area contributed by atoms with Gasteiger partial charge < -0.3 is 9.47 Å². The number of para-hydroxylation sites is 1. The van der Waals surface area contributed by atoms with Crippen molar-refractivity contribution in [3.05, 3.63) is 156 Å². The number of esters is 2. The maximum atomic E-state index is 14.7. The van der Waals surface area contributed by atoms with E-state index in [9.17, 15) is 14.0 Å². The Balaban J connectivity index is 1.37. The molecule has 4 aromatic rings. The van der Waals surface area contributed by atoms with Crippen molar-refractivity contribution in [2.45, 2.75) is 0 Å². The van der Waals surface area contributed by atoms with Gasteiger partial charge in [0.1, 0.15) is 17.3 Å². The molecule has 0 saturated heterocycles. The lowest BCUT2D eigenvalue weighted by molar-refractivity contribution is -0.129. The first-order valence-corrected chi connectivity index (χ1v) is 12.7. The minimum Gasteiger partial charge on any atom is -0.423 e. The van der Waals surface area contributed by atoms with Crippen LogP contribution in [0.5, 0.6) is 11.5 Å². The molecule has 0 aliphatic carbocycles. The second-order valence-electron chi connectivity index (χ2n) is 8.80. The lowest BCUT2D eigenvalue weighted by atomic mass is 10.1. The number of hydrogen-bond donors (Lipinski definition) is 0. The first kappa shape index (κ1) is 28.5. The van der Waals surface area contributed by atoms with Crippen LogP contribution in [0.1, 0.15) is 33.4 Å². The number of benzene rings is 4. The molecule has 0 saturated carbocycles. The number of ether oxygens (including phenoxy) is 2. The molecular weight excluding hydrogens is 515 g/mol. The molecule has 0 amide bonds. The molecule has 0 spiro atoms. The van der Waals surface area contributed by atoms with E-state index in [2.05, 4.69) is 13.2 Å². The van der Waals surface area contributed by atoms with E-state index in [4.69, 9.17) is 9.47 Å². The van der Waals surface area contributed by atoms with E-state index in [1.165, 1.54) is 6.07 Å². The van der Waals surface area contributed by atoms with Crippen LogP contribution in [0.15, 0.2) is 116 Å². The first-order valence-electron chi connectivity index (χ1n) is 12.7. The summed E-state index contributed by atoms with van der Waals surface area (Å²) < 4.78 is 25.1. The predicted octanol–water partition coefficient (Wildman–Crippen LogP) is 8.52. The summed E-state index contributed by atoms with van der Waals surface area (Å²) in [6.07, 6.45) is 13.3. The fourth-order valence-electron chi connectivity index (χ4n) is 3.73. The molecule has 41 heavy (non-hydrogen) atoms. The molecule has 0 aromatic heterocycles. The lowest BCUT2D eigenvalue weighted by Gasteiger charge is -2.05. The molecule has 0 fully saturated rings. The summed E-state index contributed by atoms with van der Waals surface area (Å²) in [6, 6.07) is 27.1. The molecule has 0 atom stereocenters. The zero-order chi connectivity index (χ0) is 29.0. The highest BCUT2D eigenvalue weighted by atomic mass is 19.1. The SMILES string of the molecule is C=CC(=O)Oc1ccc(/C=C/c2ccc(/C=C/c3ccc(/C=C/c4ccccc4OC(=O)C=C)cc3)cc2F)cc1. The van der Waals surface area contributed by atoms with Crippen LogP contribution in [0.3, 0.4) is 0 Å². The van der Waals surface area contributed by atoms with Gasteiger partial charge in [-0.3, -0.25) is 0 Å². The number of halogens is 1. The minimum atomic E-state index is -0.525. The molecule has 0 bridgehead atoms. The van der Waals surface area contributed by atoms with Gasteiger partial charge in [0.2, 0.25) is 0 Å². The average molecular weight is 543 g/mol. The Morgan fingerprint density at radius 1 is 0.561 bits per heavy atom. The van der Waals surface area contributed by atoms with Crippen molar-refractivity contribution in [2.75, 3.05) is 0 Å². The second kappa shape index (κ2) is 14.0. The van der Waals surface area contributed by atoms with E-state index in [1.54, 1.807) is 54.6 Å². The van der Waals surface area contributed by atoms with Gasteiger partial charge in [-0.1, -0.05) is 116 Å². The summed E-state index contributed by atoms with van der Waals surface area (Å²) >= 11 is 0. The first-order chi connectivity index (χ1) is 19.9. The Hall–Kier alpha value is -5.55. The molecule has 0 aliphatic heterocycles. The summed E-state index contributed by atoms with van der Waals surface area (Å²) in [4.78, 5) is 22.8. The van der Waals surface area contributed by atoms with Gasteiger partial charge in [0.25, 0.3) is 0 Å². The number of carbonyl (C=O) groups is 2. The summed E-state index contributed by atoms with van der Waals surface area (Å²) in [7, 11) is 0. The number of carbonyl (C=O) groups excluding carboxylic acids is 2. The van der Waals surface area contributed by atoms with Crippen molar-refractivity contribution in [3.63, 3.8) is 0 Å². The van der Waals surface area contributed by atoms with Crippen molar-refractivity contribution in [2.24, 2.45) is 0 Å². The largest absolute Gasteiger partial charge is 0.423 e. The summed E-state index contributed by atoms with van der Waals surface area (Å²) in [5, 5.41) is 0. The highest BCUT2D eigenvalue weighted by Gasteiger charge is 2.04. The number of rotatable bonds is 10. The molecule has 4 nitrogen and oxygen atoms in total. The highest BCUT2D eigenvalue weighted by Crippen LogP contribution is 2.22. The van der Waals surface area contributed by atoms with Crippen LogP contribution in [-0.2, 0) is 9.59 Å². The van der Waals surface area contributed by atoms with Crippen molar-refractivity contribution in [3.8, 4) is 11.5 Å². The van der Waals surface area contributed by atoms with E-state index in [0.717, 1.165) is 40.0 Å². The summed E-state index contributed by atoms with van der Waals surface area (Å²) in [5.74, 6) is -0.494. The van der Waals surface area contributed by atoms with Crippen LogP contribution in [-0.4, -0.2) is 11.9 Å². The standard InChI is InChI=1S/C36H27FO4/c1-3-35(38)40-32-23-18-28(19-24-32)15-20-30-21-17-29(25-33(30)37)14-13-26-9-11-27(12-10-26)16-22-31-7-5-6-8-34(31)41-36(39)4-2/h3-25H,1-2H2/b14-13+,20-15+,22-16+. The Morgan fingerprint density at radius 3 is 1.66 bits per heavy atom. The van der Waals surface area contributed by atoms with Crippen LogP contribution >= 0.6 is 0 Å². The zero-order valence-electron chi connectivity index (χ0n) is 22.2. The van der Waals surface area contributed by atoms with E-state index < -0.39 is 11.9 Å². The molecule has 0 radical (unpaired) electrons. The van der Waals surface area contributed by atoms with Gasteiger partial charge in [-0.2, -0.15) is 0 Å². The molecule has 0 aliphatic rings. The third-order valence-electron chi connectivity index (χ3n) is 5.90. The van der Waals surface area contributed by atoms with Crippen molar-refractivity contribution >= 4 is 48.4 Å². The van der Waals surface area contributed by atoms with E-state index >= 15 is 0 Å². The fraction of sp³-hybridized carbons (Fsp3) is 0. The van der Waals surface area contributed by atoms with Gasteiger partial charge in [0.15, 0.2) is 0 Å². The van der Waals surface area contributed by atoms with Gasteiger partial charge in [-0.05, 0) is 46.5 Å². The zero-order valence-corrected chi connectivity index (χ0v) is 22.2. The molecular formula is C36H27FO4. The molecule has 0 unspecified atom stereocenters. The third kappa shape index (κ3) is 8.47. The Bertz CT molecular complexity index is 1640. The highest BCUT2D eigenvalue weighted by molar-refractivity contribution is 5.85. The molecule has 4 rings (SSSR count). The quantitative estimate of drug-likeness (QED) is 0.0872. The van der Waals surface area contributed by atoms with E-state index in [1.807, 2.05) is 66.8 Å². The number of hydrogen-bond acceptors (Lipinski definition) is 4. The third-order valence-corrected chi connectivity index (χ3v) is 5.90. The van der Waals surface area contributed by atoms with Gasteiger partial charge in [-0.15, -0.1) is 0 Å². The Kier molecular flexibility index (Phi) is 9.73. The van der Waals surface area contributed by atoms with Crippen molar-refractivity contribution in [1.29, 1.82) is 0 Å². The second-order valence-corrected chi connectivity index (χ2v) is 8.80. The normalized spacial score (nSPS) is 11.1. The van der Waals surface area contributed by atoms with E-state index in [-0.39, 0.29) is 5.82 Å².